The van der Waals surface area contributed by atoms with Gasteiger partial charge >= 0.3 is 0 Å². The van der Waals surface area contributed by atoms with E-state index in [0.29, 0.717) is 5.56 Å². The highest BCUT2D eigenvalue weighted by molar-refractivity contribution is 7.89. The molecule has 0 fully saturated rings. The Morgan fingerprint density at radius 1 is 1.05 bits per heavy atom. The molecule has 0 aliphatic heterocycles. The van der Waals surface area contributed by atoms with Gasteiger partial charge in [0.1, 0.15) is 5.82 Å². The summed E-state index contributed by atoms with van der Waals surface area (Å²) in [6.45, 7) is 2.16. The normalized spacial score (nSPS) is 11.6. The number of hydrogen-bond acceptors (Lipinski definition) is 3. The van der Waals surface area contributed by atoms with Crippen LogP contribution >= 0.6 is 0 Å². The molecule has 0 aliphatic carbocycles. The molecule has 0 unspecified atom stereocenters. The molecule has 0 heterocycles. The Morgan fingerprint density at radius 2 is 1.81 bits per heavy atom. The molecule has 2 N–H and O–H groups in total. The van der Waals surface area contributed by atoms with Crippen molar-refractivity contribution in [3.05, 3.63) is 70.5 Å². The molecule has 0 bridgehead atoms. The molecule has 2 aromatic carbocycles. The van der Waals surface area contributed by atoms with Crippen molar-refractivity contribution in [2.75, 3.05) is 0 Å². The van der Waals surface area contributed by atoms with E-state index in [-0.39, 0.29) is 23.6 Å². The van der Waals surface area contributed by atoms with Crippen molar-refractivity contribution in [1.29, 1.82) is 0 Å². The number of benzene rings is 2. The SMILES string of the molecule is Cc1cccc(CS(=O)(=O)Cc2cc(CN)ccc2F)c1. The summed E-state index contributed by atoms with van der Waals surface area (Å²) in [5.74, 6) is -0.929. The van der Waals surface area contributed by atoms with Crippen LogP contribution in [0.15, 0.2) is 42.5 Å². The lowest BCUT2D eigenvalue weighted by Crippen LogP contribution is -2.10. The van der Waals surface area contributed by atoms with Crippen molar-refractivity contribution in [2.45, 2.75) is 25.0 Å². The number of halogens is 1. The molecule has 0 saturated heterocycles. The molecule has 0 aliphatic rings. The highest BCUT2D eigenvalue weighted by atomic mass is 32.2. The topological polar surface area (TPSA) is 60.2 Å². The first-order valence-corrected chi connectivity index (χ1v) is 8.45. The lowest BCUT2D eigenvalue weighted by atomic mass is 10.1. The largest absolute Gasteiger partial charge is 0.326 e. The van der Waals surface area contributed by atoms with Crippen LogP contribution in [0.2, 0.25) is 0 Å². The monoisotopic (exact) mass is 307 g/mol. The maximum Gasteiger partial charge on any atom is 0.158 e. The summed E-state index contributed by atoms with van der Waals surface area (Å²) in [6, 6.07) is 11.6. The van der Waals surface area contributed by atoms with Gasteiger partial charge in [0.2, 0.25) is 0 Å². The molecule has 21 heavy (non-hydrogen) atoms. The summed E-state index contributed by atoms with van der Waals surface area (Å²) < 4.78 is 38.2. The number of hydrogen-bond donors (Lipinski definition) is 1. The Kier molecular flexibility index (Phi) is 4.75. The molecule has 0 saturated carbocycles. The van der Waals surface area contributed by atoms with Crippen LogP contribution in [0.3, 0.4) is 0 Å². The summed E-state index contributed by atoms with van der Waals surface area (Å²) in [7, 11) is -3.43. The molecule has 2 rings (SSSR count). The van der Waals surface area contributed by atoms with Crippen molar-refractivity contribution < 1.29 is 12.8 Å². The summed E-state index contributed by atoms with van der Waals surface area (Å²) in [5.41, 5.74) is 8.10. The lowest BCUT2D eigenvalue weighted by Gasteiger charge is -2.08. The standard InChI is InChI=1S/C16H18FNO2S/c1-12-3-2-4-14(7-12)10-21(19,20)11-15-8-13(9-18)5-6-16(15)17/h2-8H,9-11,18H2,1H3. The predicted octanol–water partition coefficient (Wildman–Crippen LogP) is 2.71. The summed E-state index contributed by atoms with van der Waals surface area (Å²) in [4.78, 5) is 0. The van der Waals surface area contributed by atoms with Gasteiger partial charge in [-0.05, 0) is 24.1 Å². The minimum Gasteiger partial charge on any atom is -0.326 e. The maximum atomic E-state index is 13.7. The van der Waals surface area contributed by atoms with E-state index in [2.05, 4.69) is 0 Å². The van der Waals surface area contributed by atoms with E-state index in [1.54, 1.807) is 12.1 Å². The quantitative estimate of drug-likeness (QED) is 0.924. The predicted molar refractivity (Wildman–Crippen MR) is 81.8 cm³/mol. The summed E-state index contributed by atoms with van der Waals surface area (Å²) >= 11 is 0. The van der Waals surface area contributed by atoms with Gasteiger partial charge in [-0.2, -0.15) is 0 Å². The second kappa shape index (κ2) is 6.37. The van der Waals surface area contributed by atoms with Crippen LogP contribution in [0, 0.1) is 12.7 Å². The van der Waals surface area contributed by atoms with Gasteiger partial charge in [0.15, 0.2) is 9.84 Å². The molecule has 0 aromatic heterocycles. The van der Waals surface area contributed by atoms with Crippen LogP contribution in [0.1, 0.15) is 22.3 Å². The third-order valence-electron chi connectivity index (χ3n) is 3.19. The van der Waals surface area contributed by atoms with E-state index < -0.39 is 15.7 Å². The average molecular weight is 307 g/mol. The lowest BCUT2D eigenvalue weighted by molar-refractivity contribution is 0.586. The third kappa shape index (κ3) is 4.37. The van der Waals surface area contributed by atoms with E-state index in [1.165, 1.54) is 12.1 Å². The number of aryl methyl sites for hydroxylation is 1. The Morgan fingerprint density at radius 3 is 2.48 bits per heavy atom. The Bertz CT molecular complexity index is 742. The molecular weight excluding hydrogens is 289 g/mol. The molecule has 0 radical (unpaired) electrons. The second-order valence-corrected chi connectivity index (χ2v) is 7.22. The first-order chi connectivity index (χ1) is 9.89. The Balaban J connectivity index is 2.21. The smallest absolute Gasteiger partial charge is 0.158 e. The molecule has 112 valence electrons. The maximum absolute atomic E-state index is 13.7. The fourth-order valence-corrected chi connectivity index (χ4v) is 3.69. The Labute approximate surface area is 124 Å². The average Bonchev–Trinajstić information content (AvgIpc) is 2.40. The van der Waals surface area contributed by atoms with Crippen LogP contribution in [0.5, 0.6) is 0 Å². The zero-order chi connectivity index (χ0) is 15.5. The van der Waals surface area contributed by atoms with E-state index in [0.717, 1.165) is 11.1 Å². The van der Waals surface area contributed by atoms with E-state index >= 15 is 0 Å². The number of nitrogens with two attached hydrogens (primary N) is 1. The van der Waals surface area contributed by atoms with Gasteiger partial charge < -0.3 is 5.73 Å². The van der Waals surface area contributed by atoms with Gasteiger partial charge in [-0.3, -0.25) is 0 Å². The summed E-state index contributed by atoms with van der Waals surface area (Å²) in [5, 5.41) is 0. The van der Waals surface area contributed by atoms with E-state index in [4.69, 9.17) is 5.73 Å². The van der Waals surface area contributed by atoms with Crippen molar-refractivity contribution in [3.63, 3.8) is 0 Å². The molecule has 0 atom stereocenters. The van der Waals surface area contributed by atoms with Crippen LogP contribution in [-0.4, -0.2) is 8.42 Å². The minimum atomic E-state index is -3.43. The zero-order valence-corrected chi connectivity index (χ0v) is 12.7. The molecular formula is C16H18FNO2S. The van der Waals surface area contributed by atoms with E-state index in [9.17, 15) is 12.8 Å². The van der Waals surface area contributed by atoms with E-state index in [1.807, 2.05) is 25.1 Å². The number of rotatable bonds is 5. The molecule has 0 amide bonds. The highest BCUT2D eigenvalue weighted by Crippen LogP contribution is 2.17. The first-order valence-electron chi connectivity index (χ1n) is 6.63. The highest BCUT2D eigenvalue weighted by Gasteiger charge is 2.16. The molecule has 0 spiro atoms. The fourth-order valence-electron chi connectivity index (χ4n) is 2.21. The fraction of sp³-hybridized carbons (Fsp3) is 0.250. The molecule has 5 heteroatoms. The van der Waals surface area contributed by atoms with Crippen molar-refractivity contribution in [1.82, 2.24) is 0 Å². The second-order valence-electron chi connectivity index (χ2n) is 5.15. The van der Waals surface area contributed by atoms with Crippen molar-refractivity contribution >= 4 is 9.84 Å². The van der Waals surface area contributed by atoms with Gasteiger partial charge in [0, 0.05) is 12.1 Å². The van der Waals surface area contributed by atoms with Crippen LogP contribution in [-0.2, 0) is 27.9 Å². The first kappa shape index (κ1) is 15.7. The third-order valence-corrected chi connectivity index (χ3v) is 4.71. The van der Waals surface area contributed by atoms with Crippen molar-refractivity contribution in [3.8, 4) is 0 Å². The number of sulfone groups is 1. The van der Waals surface area contributed by atoms with Crippen molar-refractivity contribution in [2.24, 2.45) is 5.73 Å². The zero-order valence-electron chi connectivity index (χ0n) is 11.8. The van der Waals surface area contributed by atoms with Gasteiger partial charge in [0.05, 0.1) is 11.5 Å². The van der Waals surface area contributed by atoms with Gasteiger partial charge in [-0.15, -0.1) is 0 Å². The van der Waals surface area contributed by atoms with Gasteiger partial charge in [-0.1, -0.05) is 42.0 Å². The minimum absolute atomic E-state index is 0.0963. The van der Waals surface area contributed by atoms with Crippen LogP contribution in [0.4, 0.5) is 4.39 Å². The van der Waals surface area contributed by atoms with Crippen LogP contribution < -0.4 is 5.73 Å². The Hall–Kier alpha value is -1.72. The molecule has 2 aromatic rings. The molecule has 3 nitrogen and oxygen atoms in total. The van der Waals surface area contributed by atoms with Gasteiger partial charge in [-0.25, -0.2) is 12.8 Å². The van der Waals surface area contributed by atoms with Gasteiger partial charge in [0.25, 0.3) is 0 Å². The summed E-state index contributed by atoms with van der Waals surface area (Å²) in [6.07, 6.45) is 0. The van der Waals surface area contributed by atoms with Crippen LogP contribution in [0.25, 0.3) is 0 Å².